The van der Waals surface area contributed by atoms with Gasteiger partial charge in [-0.15, -0.1) is 0 Å². The molecule has 0 aliphatic carbocycles. The summed E-state index contributed by atoms with van der Waals surface area (Å²) in [5.41, 5.74) is 0.921. The van der Waals surface area contributed by atoms with Crippen LogP contribution in [0.15, 0.2) is 30.3 Å². The zero-order valence-corrected chi connectivity index (χ0v) is 22.2. The van der Waals surface area contributed by atoms with Gasteiger partial charge in [-0.3, -0.25) is 9.74 Å². The first kappa shape index (κ1) is 25.2. The Bertz CT molecular complexity index is 772. The Kier molecular flexibility index (Phi) is 7.44. The molecule has 6 nitrogen and oxygen atoms in total. The number of benzene rings is 1. The Morgan fingerprint density at radius 1 is 1.12 bits per heavy atom. The van der Waals surface area contributed by atoms with Gasteiger partial charge in [-0.1, -0.05) is 51.1 Å². The van der Waals surface area contributed by atoms with Crippen molar-refractivity contribution in [3.63, 3.8) is 0 Å². The number of ether oxygens (including phenoxy) is 1. The van der Waals surface area contributed by atoms with Crippen molar-refractivity contribution in [2.75, 3.05) is 13.1 Å². The fraction of sp³-hybridized carbons (Fsp3) is 0.720. The third kappa shape index (κ3) is 5.93. The van der Waals surface area contributed by atoms with E-state index in [1.807, 2.05) is 40.3 Å². The Hall–Kier alpha value is -1.41. The van der Waals surface area contributed by atoms with Crippen molar-refractivity contribution >= 4 is 14.4 Å². The summed E-state index contributed by atoms with van der Waals surface area (Å²) >= 11 is 0. The molecular formula is C25H42N2O4Si. The molecule has 3 rings (SSSR count). The minimum atomic E-state index is -1.95. The van der Waals surface area contributed by atoms with Gasteiger partial charge in [-0.05, 0) is 57.3 Å². The zero-order valence-electron chi connectivity index (χ0n) is 21.2. The SMILES string of the molecule is CC(C)(C)N1CC[C@@H]([C@@H]2C[C@@H](O[Si](C)(C)C(C)(C)C)CN2C(=O)OCc2ccccc2)O1. The number of nitrogens with zero attached hydrogens (tertiary/aromatic N) is 2. The van der Waals surface area contributed by atoms with E-state index in [0.717, 1.165) is 24.9 Å². The normalized spacial score (nSPS) is 25.4. The van der Waals surface area contributed by atoms with Crippen molar-refractivity contribution in [3.8, 4) is 0 Å². The number of hydrogen-bond acceptors (Lipinski definition) is 5. The Balaban J connectivity index is 1.72. The summed E-state index contributed by atoms with van der Waals surface area (Å²) in [6.07, 6.45) is 1.38. The standard InChI is InChI=1S/C25H42N2O4Si/c1-24(2,3)27-15-14-22(30-27)21-16-20(31-32(7,8)25(4,5)6)17-26(21)23(28)29-18-19-12-10-9-11-13-19/h9-13,20-22H,14-18H2,1-8H3/t20-,21+,22+/m1/s1. The van der Waals surface area contributed by atoms with Gasteiger partial charge in [-0.25, -0.2) is 4.79 Å². The molecule has 0 spiro atoms. The lowest BCUT2D eigenvalue weighted by atomic mass is 10.1. The molecule has 1 amide bonds. The van der Waals surface area contributed by atoms with Gasteiger partial charge in [0.2, 0.25) is 0 Å². The maximum Gasteiger partial charge on any atom is 0.410 e. The number of hydrogen-bond donors (Lipinski definition) is 0. The summed E-state index contributed by atoms with van der Waals surface area (Å²) in [7, 11) is -1.95. The Labute approximate surface area is 195 Å². The molecule has 0 saturated carbocycles. The first-order valence-electron chi connectivity index (χ1n) is 11.9. The first-order valence-corrected chi connectivity index (χ1v) is 14.8. The zero-order chi connectivity index (χ0) is 23.7. The predicted molar refractivity (Wildman–Crippen MR) is 130 cm³/mol. The molecule has 1 aromatic rings. The molecule has 2 aliphatic rings. The fourth-order valence-electron chi connectivity index (χ4n) is 4.14. The maximum atomic E-state index is 13.2. The minimum absolute atomic E-state index is 0.0115. The van der Waals surface area contributed by atoms with E-state index in [9.17, 15) is 4.79 Å². The number of carbonyl (C=O) groups excluding carboxylic acids is 1. The molecular weight excluding hydrogens is 420 g/mol. The van der Waals surface area contributed by atoms with Crippen LogP contribution in [-0.4, -0.2) is 61.3 Å². The molecule has 0 N–H and O–H groups in total. The van der Waals surface area contributed by atoms with Crippen LogP contribution >= 0.6 is 0 Å². The molecule has 0 aromatic heterocycles. The highest BCUT2D eigenvalue weighted by Gasteiger charge is 2.48. The van der Waals surface area contributed by atoms with Gasteiger partial charge >= 0.3 is 6.09 Å². The summed E-state index contributed by atoms with van der Waals surface area (Å²) in [6.45, 7) is 19.4. The fourth-order valence-corrected chi connectivity index (χ4v) is 5.50. The van der Waals surface area contributed by atoms with E-state index in [1.54, 1.807) is 0 Å². The molecule has 3 atom stereocenters. The molecule has 2 fully saturated rings. The second-order valence-corrected chi connectivity index (χ2v) is 16.5. The van der Waals surface area contributed by atoms with Crippen LogP contribution in [0.5, 0.6) is 0 Å². The third-order valence-electron chi connectivity index (χ3n) is 7.07. The maximum absolute atomic E-state index is 13.2. The molecule has 180 valence electrons. The summed E-state index contributed by atoms with van der Waals surface area (Å²) in [6, 6.07) is 9.78. The number of rotatable bonds is 5. The van der Waals surface area contributed by atoms with Crippen LogP contribution in [0.2, 0.25) is 18.1 Å². The highest BCUT2D eigenvalue weighted by atomic mass is 28.4. The molecule has 2 saturated heterocycles. The van der Waals surface area contributed by atoms with Gasteiger partial charge in [0, 0.05) is 18.6 Å². The van der Waals surface area contributed by atoms with Crippen molar-refractivity contribution in [1.29, 1.82) is 0 Å². The van der Waals surface area contributed by atoms with E-state index in [1.165, 1.54) is 0 Å². The van der Waals surface area contributed by atoms with E-state index in [4.69, 9.17) is 14.0 Å². The Morgan fingerprint density at radius 3 is 2.34 bits per heavy atom. The summed E-state index contributed by atoms with van der Waals surface area (Å²) in [5.74, 6) is 0. The number of hydroxylamine groups is 2. The van der Waals surface area contributed by atoms with Gasteiger partial charge in [0.15, 0.2) is 8.32 Å². The van der Waals surface area contributed by atoms with Crippen LogP contribution in [0, 0.1) is 0 Å². The van der Waals surface area contributed by atoms with Gasteiger partial charge in [0.05, 0.1) is 12.1 Å². The van der Waals surface area contributed by atoms with Crippen LogP contribution < -0.4 is 0 Å². The Morgan fingerprint density at radius 2 is 1.78 bits per heavy atom. The highest BCUT2D eigenvalue weighted by molar-refractivity contribution is 6.74. The topological polar surface area (TPSA) is 51.2 Å². The van der Waals surface area contributed by atoms with Crippen LogP contribution in [0.1, 0.15) is 59.9 Å². The van der Waals surface area contributed by atoms with E-state index in [0.29, 0.717) is 6.54 Å². The molecule has 0 unspecified atom stereocenters. The average Bonchev–Trinajstić information content (AvgIpc) is 3.32. The van der Waals surface area contributed by atoms with Crippen molar-refractivity contribution < 1.29 is 18.8 Å². The minimum Gasteiger partial charge on any atom is -0.445 e. The first-order chi connectivity index (χ1) is 14.8. The lowest BCUT2D eigenvalue weighted by Crippen LogP contribution is -2.45. The van der Waals surface area contributed by atoms with E-state index in [2.05, 4.69) is 54.6 Å². The van der Waals surface area contributed by atoms with Gasteiger partial charge in [0.25, 0.3) is 0 Å². The smallest absolute Gasteiger partial charge is 0.410 e. The summed E-state index contributed by atoms with van der Waals surface area (Å²) in [4.78, 5) is 21.4. The molecule has 0 radical (unpaired) electrons. The quantitative estimate of drug-likeness (QED) is 0.534. The van der Waals surface area contributed by atoms with Crippen molar-refractivity contribution in [3.05, 3.63) is 35.9 Å². The highest BCUT2D eigenvalue weighted by Crippen LogP contribution is 2.40. The van der Waals surface area contributed by atoms with Crippen LogP contribution in [0.4, 0.5) is 4.79 Å². The van der Waals surface area contributed by atoms with Crippen molar-refractivity contribution in [2.45, 2.75) is 103 Å². The van der Waals surface area contributed by atoms with Crippen LogP contribution in [0.3, 0.4) is 0 Å². The van der Waals surface area contributed by atoms with Crippen LogP contribution in [0.25, 0.3) is 0 Å². The van der Waals surface area contributed by atoms with Crippen LogP contribution in [-0.2, 0) is 20.6 Å². The number of amides is 1. The van der Waals surface area contributed by atoms with E-state index in [-0.39, 0.29) is 41.5 Å². The predicted octanol–water partition coefficient (Wildman–Crippen LogP) is 5.59. The molecule has 2 aliphatic heterocycles. The van der Waals surface area contributed by atoms with E-state index >= 15 is 0 Å². The van der Waals surface area contributed by atoms with Gasteiger partial charge in [0.1, 0.15) is 12.7 Å². The molecule has 32 heavy (non-hydrogen) atoms. The second kappa shape index (κ2) is 9.45. The number of carbonyl (C=O) groups is 1. The second-order valence-electron chi connectivity index (χ2n) is 11.7. The molecule has 0 bridgehead atoms. The molecule has 7 heteroatoms. The number of likely N-dealkylation sites (tertiary alicyclic amines) is 1. The lowest BCUT2D eigenvalue weighted by molar-refractivity contribution is -0.204. The lowest BCUT2D eigenvalue weighted by Gasteiger charge is -2.38. The largest absolute Gasteiger partial charge is 0.445 e. The average molecular weight is 463 g/mol. The molecule has 1 aromatic carbocycles. The van der Waals surface area contributed by atoms with E-state index < -0.39 is 8.32 Å². The van der Waals surface area contributed by atoms with Crippen molar-refractivity contribution in [2.24, 2.45) is 0 Å². The van der Waals surface area contributed by atoms with Crippen molar-refractivity contribution in [1.82, 2.24) is 9.96 Å². The van der Waals surface area contributed by atoms with Gasteiger partial charge in [-0.2, -0.15) is 5.06 Å². The van der Waals surface area contributed by atoms with Gasteiger partial charge < -0.3 is 9.16 Å². The molecule has 2 heterocycles. The monoisotopic (exact) mass is 462 g/mol. The summed E-state index contributed by atoms with van der Waals surface area (Å²) in [5, 5.41) is 2.17. The third-order valence-corrected chi connectivity index (χ3v) is 11.6. The summed E-state index contributed by atoms with van der Waals surface area (Å²) < 4.78 is 12.4.